The van der Waals surface area contributed by atoms with Crippen LogP contribution in [-0.2, 0) is 4.79 Å². The molecule has 0 saturated carbocycles. The van der Waals surface area contributed by atoms with E-state index in [2.05, 4.69) is 24.0 Å². The third-order valence-electron chi connectivity index (χ3n) is 3.22. The molecule has 7 heteroatoms. The molecule has 2 rings (SSSR count). The van der Waals surface area contributed by atoms with Crippen LogP contribution in [0.15, 0.2) is 4.34 Å². The summed E-state index contributed by atoms with van der Waals surface area (Å²) in [5.41, 5.74) is 5.51. The number of anilines is 1. The summed E-state index contributed by atoms with van der Waals surface area (Å²) in [6.07, 6.45) is 3.42. The summed E-state index contributed by atoms with van der Waals surface area (Å²) in [7, 11) is 0. The van der Waals surface area contributed by atoms with Crippen LogP contribution in [0.4, 0.5) is 5.13 Å². The molecule has 0 bridgehead atoms. The van der Waals surface area contributed by atoms with Gasteiger partial charge in [-0.25, -0.2) is 0 Å². The van der Waals surface area contributed by atoms with Crippen LogP contribution in [0.2, 0.25) is 0 Å². The molecule has 1 aliphatic heterocycles. The van der Waals surface area contributed by atoms with E-state index in [1.807, 2.05) is 4.90 Å². The van der Waals surface area contributed by atoms with Gasteiger partial charge in [-0.3, -0.25) is 4.79 Å². The molecule has 1 aliphatic rings. The van der Waals surface area contributed by atoms with E-state index < -0.39 is 0 Å². The summed E-state index contributed by atoms with van der Waals surface area (Å²) in [6.45, 7) is 4.25. The minimum absolute atomic E-state index is 0.188. The molecule has 100 valence electrons. The van der Waals surface area contributed by atoms with Crippen LogP contribution in [0.25, 0.3) is 0 Å². The van der Waals surface area contributed by atoms with Crippen molar-refractivity contribution >= 4 is 34.1 Å². The van der Waals surface area contributed by atoms with Gasteiger partial charge in [-0.15, -0.1) is 10.2 Å². The maximum atomic E-state index is 12.2. The molecule has 1 saturated heterocycles. The molecule has 2 N–H and O–H groups in total. The normalized spacial score (nSPS) is 24.2. The molecule has 0 aromatic carbocycles. The lowest BCUT2D eigenvalue weighted by molar-refractivity contribution is -0.134. The van der Waals surface area contributed by atoms with E-state index in [4.69, 9.17) is 5.73 Å². The van der Waals surface area contributed by atoms with Gasteiger partial charge in [-0.2, -0.15) is 0 Å². The molecule has 0 aliphatic carbocycles. The number of likely N-dealkylation sites (tertiary alicyclic amines) is 1. The van der Waals surface area contributed by atoms with Gasteiger partial charge in [0.15, 0.2) is 4.34 Å². The van der Waals surface area contributed by atoms with E-state index in [1.165, 1.54) is 29.5 Å². The number of nitrogens with two attached hydrogens (primary N) is 1. The predicted octanol–water partition coefficient (Wildman–Crippen LogP) is 2.00. The van der Waals surface area contributed by atoms with Crippen molar-refractivity contribution in [1.29, 1.82) is 0 Å². The van der Waals surface area contributed by atoms with Crippen molar-refractivity contribution in [1.82, 2.24) is 15.1 Å². The summed E-state index contributed by atoms with van der Waals surface area (Å²) in [5, 5.41) is 8.09. The lowest BCUT2D eigenvalue weighted by Crippen LogP contribution is -2.48. The van der Waals surface area contributed by atoms with Crippen molar-refractivity contribution in [2.75, 3.05) is 11.5 Å². The molecular weight excluding hydrogens is 268 g/mol. The second-order valence-electron chi connectivity index (χ2n) is 4.62. The topological polar surface area (TPSA) is 72.1 Å². The average Bonchev–Trinajstić information content (AvgIpc) is 2.72. The highest BCUT2D eigenvalue weighted by Crippen LogP contribution is 2.27. The van der Waals surface area contributed by atoms with E-state index in [1.54, 1.807) is 0 Å². The van der Waals surface area contributed by atoms with Gasteiger partial charge in [0.2, 0.25) is 11.0 Å². The van der Waals surface area contributed by atoms with Crippen LogP contribution in [0.1, 0.15) is 33.1 Å². The molecule has 0 radical (unpaired) electrons. The number of piperidine rings is 1. The van der Waals surface area contributed by atoms with Crippen molar-refractivity contribution in [2.24, 2.45) is 0 Å². The quantitative estimate of drug-likeness (QED) is 0.860. The summed E-state index contributed by atoms with van der Waals surface area (Å²) in [6, 6.07) is 0.697. The zero-order chi connectivity index (χ0) is 13.1. The van der Waals surface area contributed by atoms with Crippen molar-refractivity contribution < 1.29 is 4.79 Å². The standard InChI is InChI=1S/C11H18N4OS2/c1-7-4-3-5-8(2)15(7)9(16)6-17-11-14-13-10(12)18-11/h7-8H,3-6H2,1-2H3,(H2,12,13)/t7-,8-/m0/s1. The van der Waals surface area contributed by atoms with Crippen molar-refractivity contribution in [2.45, 2.75) is 49.5 Å². The smallest absolute Gasteiger partial charge is 0.233 e. The SMILES string of the molecule is C[C@H]1CCC[C@H](C)N1C(=O)CSc1nnc(N)s1. The third-order valence-corrected chi connectivity index (χ3v) is 5.09. The van der Waals surface area contributed by atoms with Crippen LogP contribution < -0.4 is 5.73 Å². The van der Waals surface area contributed by atoms with Gasteiger partial charge in [0.1, 0.15) is 0 Å². The van der Waals surface area contributed by atoms with Crippen LogP contribution in [-0.4, -0.2) is 38.8 Å². The number of rotatable bonds is 3. The first-order valence-corrected chi connectivity index (χ1v) is 7.91. The Morgan fingerprint density at radius 1 is 1.44 bits per heavy atom. The molecule has 0 unspecified atom stereocenters. The first-order chi connectivity index (χ1) is 8.58. The molecule has 2 atom stereocenters. The zero-order valence-corrected chi connectivity index (χ0v) is 12.3. The summed E-state index contributed by atoms with van der Waals surface area (Å²) >= 11 is 2.75. The lowest BCUT2D eigenvalue weighted by Gasteiger charge is -2.39. The Bertz CT molecular complexity index is 413. The maximum Gasteiger partial charge on any atom is 0.233 e. The molecular formula is C11H18N4OS2. The van der Waals surface area contributed by atoms with Gasteiger partial charge in [0.05, 0.1) is 5.75 Å². The first kappa shape index (κ1) is 13.6. The van der Waals surface area contributed by atoms with Gasteiger partial charge in [-0.05, 0) is 33.1 Å². The highest BCUT2D eigenvalue weighted by Gasteiger charge is 2.28. The van der Waals surface area contributed by atoms with Crippen molar-refractivity contribution in [3.8, 4) is 0 Å². The van der Waals surface area contributed by atoms with Gasteiger partial charge in [0, 0.05) is 12.1 Å². The number of thioether (sulfide) groups is 1. The minimum Gasteiger partial charge on any atom is -0.374 e. The summed E-state index contributed by atoms with van der Waals surface area (Å²) < 4.78 is 0.762. The van der Waals surface area contributed by atoms with E-state index in [0.29, 0.717) is 23.0 Å². The molecule has 5 nitrogen and oxygen atoms in total. The predicted molar refractivity (Wildman–Crippen MR) is 74.7 cm³/mol. The molecule has 1 amide bonds. The highest BCUT2D eigenvalue weighted by molar-refractivity contribution is 8.01. The third kappa shape index (κ3) is 3.14. The first-order valence-electron chi connectivity index (χ1n) is 6.11. The molecule has 1 fully saturated rings. The summed E-state index contributed by atoms with van der Waals surface area (Å²) in [5.74, 6) is 0.608. The van der Waals surface area contributed by atoms with Crippen molar-refractivity contribution in [3.05, 3.63) is 0 Å². The molecule has 1 aromatic rings. The molecule has 0 spiro atoms. The van der Waals surface area contributed by atoms with E-state index in [9.17, 15) is 4.79 Å². The number of hydrogen-bond acceptors (Lipinski definition) is 6. The number of carbonyl (C=O) groups excluding carboxylic acids is 1. The van der Waals surface area contributed by atoms with Crippen LogP contribution in [0.5, 0.6) is 0 Å². The Morgan fingerprint density at radius 2 is 2.11 bits per heavy atom. The van der Waals surface area contributed by atoms with Crippen LogP contribution >= 0.6 is 23.1 Å². The molecule has 2 heterocycles. The van der Waals surface area contributed by atoms with E-state index in [-0.39, 0.29) is 5.91 Å². The highest BCUT2D eigenvalue weighted by atomic mass is 32.2. The monoisotopic (exact) mass is 286 g/mol. The van der Waals surface area contributed by atoms with Crippen LogP contribution in [0.3, 0.4) is 0 Å². The number of nitrogens with zero attached hydrogens (tertiary/aromatic N) is 3. The zero-order valence-electron chi connectivity index (χ0n) is 10.6. The molecule has 18 heavy (non-hydrogen) atoms. The van der Waals surface area contributed by atoms with E-state index in [0.717, 1.165) is 17.2 Å². The second kappa shape index (κ2) is 5.88. The van der Waals surface area contributed by atoms with Gasteiger partial charge in [0.25, 0.3) is 0 Å². The fraction of sp³-hybridized carbons (Fsp3) is 0.727. The Kier molecular flexibility index (Phi) is 4.45. The number of hydrogen-bond donors (Lipinski definition) is 1. The maximum absolute atomic E-state index is 12.2. The Morgan fingerprint density at radius 3 is 2.67 bits per heavy atom. The minimum atomic E-state index is 0.188. The Hall–Kier alpha value is -0.820. The average molecular weight is 286 g/mol. The van der Waals surface area contributed by atoms with Gasteiger partial charge in [-0.1, -0.05) is 23.1 Å². The lowest BCUT2D eigenvalue weighted by atomic mass is 9.98. The number of carbonyl (C=O) groups is 1. The largest absolute Gasteiger partial charge is 0.374 e. The summed E-state index contributed by atoms with van der Waals surface area (Å²) in [4.78, 5) is 14.2. The van der Waals surface area contributed by atoms with Crippen molar-refractivity contribution in [3.63, 3.8) is 0 Å². The fourth-order valence-corrected chi connectivity index (χ4v) is 3.90. The second-order valence-corrected chi connectivity index (χ2v) is 6.86. The fourth-order valence-electron chi connectivity index (χ4n) is 2.39. The van der Waals surface area contributed by atoms with Crippen LogP contribution in [0, 0.1) is 0 Å². The van der Waals surface area contributed by atoms with E-state index >= 15 is 0 Å². The number of nitrogen functional groups attached to an aromatic ring is 1. The van der Waals surface area contributed by atoms with Gasteiger partial charge >= 0.3 is 0 Å². The van der Waals surface area contributed by atoms with Gasteiger partial charge < -0.3 is 10.6 Å². The number of aromatic nitrogens is 2. The Labute approximate surface area is 115 Å². The Balaban J connectivity index is 1.90. The number of amides is 1. The molecule has 1 aromatic heterocycles.